The van der Waals surface area contributed by atoms with E-state index in [0.717, 1.165) is 17.5 Å². The third-order valence-corrected chi connectivity index (χ3v) is 4.84. The lowest BCUT2D eigenvalue weighted by Gasteiger charge is -2.16. The van der Waals surface area contributed by atoms with Gasteiger partial charge in [-0.05, 0) is 55.4 Å². The summed E-state index contributed by atoms with van der Waals surface area (Å²) in [5.74, 6) is 2.51. The molecule has 2 aromatic carbocycles. The number of rotatable bonds is 10. The van der Waals surface area contributed by atoms with Crippen molar-refractivity contribution in [3.05, 3.63) is 51.8 Å². The average molecular weight is 449 g/mol. The van der Waals surface area contributed by atoms with Gasteiger partial charge in [-0.1, -0.05) is 30.7 Å². The summed E-state index contributed by atoms with van der Waals surface area (Å²) in [4.78, 5) is 0. The van der Waals surface area contributed by atoms with Gasteiger partial charge in [0.2, 0.25) is 4.77 Å². The Morgan fingerprint density at radius 3 is 2.70 bits per heavy atom. The summed E-state index contributed by atoms with van der Waals surface area (Å²) >= 11 is 11.9. The number of halogens is 1. The van der Waals surface area contributed by atoms with Crippen LogP contribution in [0.2, 0.25) is 5.02 Å². The molecular formula is C21H25ClN4O3S. The normalized spacial score (nSPS) is 10.7. The molecular weight excluding hydrogens is 424 g/mol. The molecule has 0 aliphatic carbocycles. The van der Waals surface area contributed by atoms with E-state index in [9.17, 15) is 0 Å². The van der Waals surface area contributed by atoms with Crippen molar-refractivity contribution in [2.75, 3.05) is 25.7 Å². The van der Waals surface area contributed by atoms with Crippen LogP contribution in [0.3, 0.4) is 0 Å². The van der Waals surface area contributed by atoms with Gasteiger partial charge in [0, 0.05) is 0 Å². The van der Waals surface area contributed by atoms with Crippen molar-refractivity contribution >= 4 is 23.8 Å². The highest BCUT2D eigenvalue weighted by Crippen LogP contribution is 2.37. The molecule has 0 amide bonds. The summed E-state index contributed by atoms with van der Waals surface area (Å²) in [5, 5.41) is 7.68. The molecule has 0 atom stereocenters. The van der Waals surface area contributed by atoms with Crippen LogP contribution in [0.4, 0.5) is 0 Å². The van der Waals surface area contributed by atoms with Crippen LogP contribution in [0.5, 0.6) is 17.2 Å². The molecule has 30 heavy (non-hydrogen) atoms. The van der Waals surface area contributed by atoms with Crippen LogP contribution in [-0.2, 0) is 6.54 Å². The fourth-order valence-corrected chi connectivity index (χ4v) is 3.44. The van der Waals surface area contributed by atoms with Crippen LogP contribution < -0.4 is 19.6 Å². The monoisotopic (exact) mass is 448 g/mol. The fourth-order valence-electron chi connectivity index (χ4n) is 2.95. The molecule has 0 aliphatic rings. The smallest absolute Gasteiger partial charge is 0.214 e. The molecule has 2 N–H and O–H groups in total. The van der Waals surface area contributed by atoms with Crippen LogP contribution >= 0.6 is 23.8 Å². The Balaban J connectivity index is 1.87. The quantitative estimate of drug-likeness (QED) is 0.415. The number of ether oxygens (including phenoxy) is 3. The van der Waals surface area contributed by atoms with Gasteiger partial charge in [0.25, 0.3) is 0 Å². The number of H-pyrrole nitrogens is 1. The molecule has 160 valence electrons. The summed E-state index contributed by atoms with van der Waals surface area (Å²) in [5.41, 5.74) is 5.03. The van der Waals surface area contributed by atoms with E-state index in [1.807, 2.05) is 50.2 Å². The first-order chi connectivity index (χ1) is 14.6. The van der Waals surface area contributed by atoms with E-state index in [1.54, 1.807) is 11.8 Å². The second-order valence-corrected chi connectivity index (χ2v) is 7.20. The van der Waals surface area contributed by atoms with Gasteiger partial charge in [0.15, 0.2) is 17.3 Å². The maximum absolute atomic E-state index is 6.47. The molecule has 1 aromatic heterocycles. The lowest BCUT2D eigenvalue weighted by molar-refractivity contribution is 0.277. The Kier molecular flexibility index (Phi) is 7.59. The third kappa shape index (κ3) is 4.88. The molecule has 0 spiro atoms. The number of aromatic nitrogens is 3. The number of nitrogens with zero attached hydrogens (tertiary/aromatic N) is 2. The third-order valence-electron chi connectivity index (χ3n) is 4.28. The minimum atomic E-state index is 0.440. The standard InChI is InChI=1S/C21H25ClN4O3S/c1-4-10-29-19-16(22)11-14(12-18(19)28-5-2)13-23-26-20(24-25-21(26)30)15-8-6-7-9-17(15)27-3/h6-9,11-12,23H,4-5,10,13H2,1-3H3,(H,25,30). The van der Waals surface area contributed by atoms with E-state index >= 15 is 0 Å². The van der Waals surface area contributed by atoms with Crippen molar-refractivity contribution in [2.24, 2.45) is 0 Å². The van der Waals surface area contributed by atoms with Crippen LogP contribution in [-0.4, -0.2) is 35.2 Å². The summed E-state index contributed by atoms with van der Waals surface area (Å²) in [6, 6.07) is 11.4. The van der Waals surface area contributed by atoms with Crippen LogP contribution in [0.25, 0.3) is 11.4 Å². The van der Waals surface area contributed by atoms with E-state index in [1.165, 1.54) is 0 Å². The predicted octanol–water partition coefficient (Wildman–Crippen LogP) is 5.20. The average Bonchev–Trinajstić information content (AvgIpc) is 3.12. The zero-order chi connectivity index (χ0) is 21.5. The molecule has 0 aliphatic heterocycles. The van der Waals surface area contributed by atoms with Gasteiger partial charge in [-0.15, -0.1) is 0 Å². The summed E-state index contributed by atoms with van der Waals surface area (Å²) < 4.78 is 19.1. The molecule has 0 saturated carbocycles. The zero-order valence-corrected chi connectivity index (χ0v) is 18.8. The van der Waals surface area contributed by atoms with Crippen molar-refractivity contribution in [3.8, 4) is 28.6 Å². The predicted molar refractivity (Wildman–Crippen MR) is 121 cm³/mol. The molecule has 0 bridgehead atoms. The van der Waals surface area contributed by atoms with Crippen LogP contribution in [0.15, 0.2) is 36.4 Å². The number of methoxy groups -OCH3 is 1. The molecule has 3 rings (SSSR count). The number of hydrogen-bond acceptors (Lipinski definition) is 6. The van der Waals surface area contributed by atoms with Gasteiger partial charge in [-0.2, -0.15) is 5.10 Å². The van der Waals surface area contributed by atoms with Crippen molar-refractivity contribution in [1.82, 2.24) is 14.9 Å². The van der Waals surface area contributed by atoms with Gasteiger partial charge in [0.1, 0.15) is 5.75 Å². The van der Waals surface area contributed by atoms with Gasteiger partial charge in [-0.25, -0.2) is 9.77 Å². The number of para-hydroxylation sites is 1. The molecule has 3 aromatic rings. The number of hydrogen-bond donors (Lipinski definition) is 2. The SMILES string of the molecule is CCCOc1c(Cl)cc(CNn2c(-c3ccccc3OC)n[nH]c2=S)cc1OCC. The number of aromatic amines is 1. The number of nitrogens with one attached hydrogen (secondary N) is 2. The Bertz CT molecular complexity index is 1050. The maximum atomic E-state index is 6.47. The highest BCUT2D eigenvalue weighted by atomic mass is 35.5. The van der Waals surface area contributed by atoms with Crippen molar-refractivity contribution in [2.45, 2.75) is 26.8 Å². The van der Waals surface area contributed by atoms with E-state index in [0.29, 0.717) is 52.6 Å². The molecule has 0 unspecified atom stereocenters. The first-order valence-corrected chi connectivity index (χ1v) is 10.5. The summed E-state index contributed by atoms with van der Waals surface area (Å²) in [6.07, 6.45) is 0.885. The summed E-state index contributed by atoms with van der Waals surface area (Å²) in [7, 11) is 1.62. The maximum Gasteiger partial charge on any atom is 0.214 e. The lowest BCUT2D eigenvalue weighted by atomic mass is 10.2. The van der Waals surface area contributed by atoms with E-state index in [4.69, 9.17) is 38.0 Å². The molecule has 9 heteroatoms. The Labute approximate surface area is 185 Å². The Morgan fingerprint density at radius 1 is 1.17 bits per heavy atom. The molecule has 0 radical (unpaired) electrons. The first-order valence-electron chi connectivity index (χ1n) is 9.71. The van der Waals surface area contributed by atoms with Crippen LogP contribution in [0.1, 0.15) is 25.8 Å². The largest absolute Gasteiger partial charge is 0.496 e. The second-order valence-electron chi connectivity index (χ2n) is 6.41. The topological polar surface area (TPSA) is 73.3 Å². The van der Waals surface area contributed by atoms with Crippen molar-refractivity contribution in [1.29, 1.82) is 0 Å². The van der Waals surface area contributed by atoms with Gasteiger partial charge in [0.05, 0.1) is 37.5 Å². The second kappa shape index (κ2) is 10.4. The summed E-state index contributed by atoms with van der Waals surface area (Å²) in [6.45, 7) is 5.50. The van der Waals surface area contributed by atoms with Crippen molar-refractivity contribution < 1.29 is 14.2 Å². The zero-order valence-electron chi connectivity index (χ0n) is 17.2. The molecule has 1 heterocycles. The first kappa shape index (κ1) is 22.0. The van der Waals surface area contributed by atoms with E-state index < -0.39 is 0 Å². The van der Waals surface area contributed by atoms with Gasteiger partial charge >= 0.3 is 0 Å². The van der Waals surface area contributed by atoms with Gasteiger partial charge < -0.3 is 19.6 Å². The van der Waals surface area contributed by atoms with Crippen molar-refractivity contribution in [3.63, 3.8) is 0 Å². The molecule has 0 fully saturated rings. The fraction of sp³-hybridized carbons (Fsp3) is 0.333. The Morgan fingerprint density at radius 2 is 1.97 bits per heavy atom. The lowest BCUT2D eigenvalue weighted by Crippen LogP contribution is -2.16. The highest BCUT2D eigenvalue weighted by Gasteiger charge is 2.15. The van der Waals surface area contributed by atoms with Crippen LogP contribution in [0, 0.1) is 4.77 Å². The van der Waals surface area contributed by atoms with Gasteiger partial charge in [-0.3, -0.25) is 0 Å². The highest BCUT2D eigenvalue weighted by molar-refractivity contribution is 7.71. The number of benzene rings is 2. The Hall–Kier alpha value is -2.71. The minimum Gasteiger partial charge on any atom is -0.496 e. The van der Waals surface area contributed by atoms with E-state index in [-0.39, 0.29) is 0 Å². The minimum absolute atomic E-state index is 0.440. The molecule has 7 nitrogen and oxygen atoms in total. The van der Waals surface area contributed by atoms with E-state index in [2.05, 4.69) is 15.6 Å². The molecule has 0 saturated heterocycles.